The molecule has 3 heteroatoms. The quantitative estimate of drug-likeness (QED) is 0.702. The van der Waals surface area contributed by atoms with Gasteiger partial charge in [0.15, 0.2) is 0 Å². The largest absolute Gasteiger partial charge is 0.432 e. The Morgan fingerprint density at radius 1 is 1.00 bits per heavy atom. The molecule has 0 unspecified atom stereocenters. The molecule has 0 spiro atoms. The Morgan fingerprint density at radius 3 is 2.75 bits per heavy atom. The Morgan fingerprint density at radius 2 is 1.88 bits per heavy atom. The number of fused-ring (bicyclic) bond motifs is 1. The lowest BCUT2D eigenvalue weighted by Gasteiger charge is -2.05. The van der Waals surface area contributed by atoms with Crippen molar-refractivity contribution in [3.63, 3.8) is 0 Å². The number of rotatable bonds is 2. The first-order valence-electron chi connectivity index (χ1n) is 5.08. The van der Waals surface area contributed by atoms with E-state index in [-0.39, 0.29) is 0 Å². The van der Waals surface area contributed by atoms with E-state index in [0.29, 0.717) is 6.01 Å². The fourth-order valence-electron chi connectivity index (χ4n) is 1.73. The second-order valence-corrected chi connectivity index (χ2v) is 3.49. The van der Waals surface area contributed by atoms with Gasteiger partial charge < -0.3 is 9.73 Å². The monoisotopic (exact) mass is 210 g/mol. The van der Waals surface area contributed by atoms with Gasteiger partial charge in [-0.3, -0.25) is 0 Å². The van der Waals surface area contributed by atoms with Crippen LogP contribution < -0.4 is 5.32 Å². The van der Waals surface area contributed by atoms with Crippen molar-refractivity contribution in [1.82, 2.24) is 4.98 Å². The Bertz CT molecular complexity index is 597. The van der Waals surface area contributed by atoms with Crippen LogP contribution in [0.2, 0.25) is 0 Å². The molecule has 0 aliphatic carbocycles. The number of hydrogen-bond donors (Lipinski definition) is 1. The first-order valence-corrected chi connectivity index (χ1v) is 5.08. The molecule has 3 nitrogen and oxygen atoms in total. The molecule has 0 radical (unpaired) electrons. The Hall–Kier alpha value is -2.29. The summed E-state index contributed by atoms with van der Waals surface area (Å²) in [6, 6.07) is 14.8. The third kappa shape index (κ3) is 1.52. The van der Waals surface area contributed by atoms with E-state index >= 15 is 0 Å². The number of nitrogens with zero attached hydrogens (tertiary/aromatic N) is 1. The highest BCUT2D eigenvalue weighted by molar-refractivity contribution is 5.94. The Balaban J connectivity index is 2.10. The maximum atomic E-state index is 5.16. The van der Waals surface area contributed by atoms with Crippen molar-refractivity contribution < 1.29 is 4.42 Å². The highest BCUT2D eigenvalue weighted by Gasteiger charge is 2.02. The minimum absolute atomic E-state index is 0.511. The van der Waals surface area contributed by atoms with E-state index in [4.69, 9.17) is 4.42 Å². The zero-order valence-electron chi connectivity index (χ0n) is 8.55. The molecule has 3 aromatic rings. The molecule has 0 fully saturated rings. The van der Waals surface area contributed by atoms with Crippen molar-refractivity contribution in [3.8, 4) is 0 Å². The molecule has 0 aliphatic rings. The van der Waals surface area contributed by atoms with Crippen molar-refractivity contribution in [2.24, 2.45) is 0 Å². The van der Waals surface area contributed by atoms with Gasteiger partial charge in [0, 0.05) is 5.39 Å². The lowest BCUT2D eigenvalue weighted by atomic mass is 10.1. The molecule has 2 aromatic carbocycles. The van der Waals surface area contributed by atoms with Gasteiger partial charge in [0.2, 0.25) is 0 Å². The zero-order chi connectivity index (χ0) is 10.8. The molecule has 1 aromatic heterocycles. The average Bonchev–Trinajstić information content (AvgIpc) is 2.82. The molecule has 1 N–H and O–H groups in total. The van der Waals surface area contributed by atoms with Gasteiger partial charge in [0.25, 0.3) is 6.01 Å². The van der Waals surface area contributed by atoms with Crippen molar-refractivity contribution >= 4 is 22.5 Å². The van der Waals surface area contributed by atoms with Crippen LogP contribution in [-0.4, -0.2) is 4.98 Å². The van der Waals surface area contributed by atoms with E-state index in [0.717, 1.165) is 11.1 Å². The lowest BCUT2D eigenvalue weighted by Crippen LogP contribution is -1.90. The molecule has 3 rings (SSSR count). The van der Waals surface area contributed by atoms with Crippen molar-refractivity contribution in [2.45, 2.75) is 0 Å². The van der Waals surface area contributed by atoms with Gasteiger partial charge >= 0.3 is 0 Å². The van der Waals surface area contributed by atoms with Gasteiger partial charge in [-0.1, -0.05) is 36.4 Å². The minimum atomic E-state index is 0.511. The molecule has 0 amide bonds. The predicted octanol–water partition coefficient (Wildman–Crippen LogP) is 3.57. The number of nitrogens with one attached hydrogen (secondary N) is 1. The van der Waals surface area contributed by atoms with E-state index < -0.39 is 0 Å². The summed E-state index contributed by atoms with van der Waals surface area (Å²) in [5, 5.41) is 5.50. The third-order valence-corrected chi connectivity index (χ3v) is 2.46. The van der Waals surface area contributed by atoms with Crippen LogP contribution in [0.1, 0.15) is 0 Å². The molecule has 16 heavy (non-hydrogen) atoms. The van der Waals surface area contributed by atoms with Gasteiger partial charge in [0.1, 0.15) is 6.26 Å². The SMILES string of the molecule is c1ccc2c(Nc3ncco3)cccc2c1. The summed E-state index contributed by atoms with van der Waals surface area (Å²) in [4.78, 5) is 4.04. The summed E-state index contributed by atoms with van der Waals surface area (Å²) >= 11 is 0. The summed E-state index contributed by atoms with van der Waals surface area (Å²) < 4.78 is 5.16. The topological polar surface area (TPSA) is 38.1 Å². The first-order chi connectivity index (χ1) is 7.93. The number of oxazole rings is 1. The molecule has 0 saturated carbocycles. The second kappa shape index (κ2) is 3.70. The van der Waals surface area contributed by atoms with Crippen LogP contribution in [0.3, 0.4) is 0 Å². The van der Waals surface area contributed by atoms with E-state index in [1.54, 1.807) is 12.5 Å². The molecular weight excluding hydrogens is 200 g/mol. The number of aromatic nitrogens is 1. The van der Waals surface area contributed by atoms with Crippen molar-refractivity contribution in [3.05, 3.63) is 54.9 Å². The van der Waals surface area contributed by atoms with Crippen LogP contribution in [0.15, 0.2) is 59.3 Å². The first kappa shape index (κ1) is 8.97. The number of hydrogen-bond acceptors (Lipinski definition) is 3. The minimum Gasteiger partial charge on any atom is -0.432 e. The van der Waals surface area contributed by atoms with E-state index in [1.807, 2.05) is 24.3 Å². The maximum absolute atomic E-state index is 5.16. The molecular formula is C13H10N2O. The van der Waals surface area contributed by atoms with Gasteiger partial charge in [-0.2, -0.15) is 0 Å². The number of benzene rings is 2. The fraction of sp³-hybridized carbons (Fsp3) is 0. The highest BCUT2D eigenvalue weighted by Crippen LogP contribution is 2.25. The van der Waals surface area contributed by atoms with Gasteiger partial charge in [-0.05, 0) is 11.5 Å². The molecule has 78 valence electrons. The lowest BCUT2D eigenvalue weighted by molar-refractivity contribution is 0.578. The smallest absolute Gasteiger partial charge is 0.299 e. The summed E-state index contributed by atoms with van der Waals surface area (Å²) in [6.07, 6.45) is 3.17. The Labute approximate surface area is 92.7 Å². The van der Waals surface area contributed by atoms with Crippen molar-refractivity contribution in [1.29, 1.82) is 0 Å². The normalized spacial score (nSPS) is 10.5. The molecule has 0 bridgehead atoms. The van der Waals surface area contributed by atoms with Crippen LogP contribution in [0.25, 0.3) is 10.8 Å². The fourth-order valence-corrected chi connectivity index (χ4v) is 1.73. The van der Waals surface area contributed by atoms with Crippen LogP contribution in [0.4, 0.5) is 11.7 Å². The average molecular weight is 210 g/mol. The maximum Gasteiger partial charge on any atom is 0.299 e. The second-order valence-electron chi connectivity index (χ2n) is 3.49. The number of anilines is 2. The summed E-state index contributed by atoms with van der Waals surface area (Å²) in [5.41, 5.74) is 1.00. The summed E-state index contributed by atoms with van der Waals surface area (Å²) in [5.74, 6) is 0. The van der Waals surface area contributed by atoms with E-state index in [9.17, 15) is 0 Å². The van der Waals surface area contributed by atoms with Crippen molar-refractivity contribution in [2.75, 3.05) is 5.32 Å². The summed E-state index contributed by atoms with van der Waals surface area (Å²) in [7, 11) is 0. The zero-order valence-corrected chi connectivity index (χ0v) is 8.55. The van der Waals surface area contributed by atoms with Gasteiger partial charge in [-0.15, -0.1) is 0 Å². The van der Waals surface area contributed by atoms with Crippen LogP contribution >= 0.6 is 0 Å². The molecule has 0 aliphatic heterocycles. The predicted molar refractivity (Wildman–Crippen MR) is 63.7 cm³/mol. The van der Waals surface area contributed by atoms with Crippen LogP contribution in [0.5, 0.6) is 0 Å². The third-order valence-electron chi connectivity index (χ3n) is 2.46. The molecule has 0 atom stereocenters. The highest BCUT2D eigenvalue weighted by atomic mass is 16.4. The standard InChI is InChI=1S/C13H10N2O/c1-2-6-11-10(4-1)5-3-7-12(11)15-13-14-8-9-16-13/h1-9H,(H,14,15). The summed E-state index contributed by atoms with van der Waals surface area (Å²) in [6.45, 7) is 0. The van der Waals surface area contributed by atoms with Crippen LogP contribution in [-0.2, 0) is 0 Å². The van der Waals surface area contributed by atoms with Crippen LogP contribution in [0, 0.1) is 0 Å². The Kier molecular flexibility index (Phi) is 2.07. The van der Waals surface area contributed by atoms with Gasteiger partial charge in [0.05, 0.1) is 11.9 Å². The van der Waals surface area contributed by atoms with Gasteiger partial charge in [-0.25, -0.2) is 4.98 Å². The molecule has 1 heterocycles. The van der Waals surface area contributed by atoms with E-state index in [1.165, 1.54) is 5.39 Å². The van der Waals surface area contributed by atoms with E-state index in [2.05, 4.69) is 28.5 Å². The molecule has 0 saturated heterocycles.